The van der Waals surface area contributed by atoms with E-state index in [1.807, 2.05) is 0 Å². The molecule has 0 bridgehead atoms. The third-order valence-electron chi connectivity index (χ3n) is 5.17. The summed E-state index contributed by atoms with van der Waals surface area (Å²) in [5.74, 6) is -2.73. The van der Waals surface area contributed by atoms with Gasteiger partial charge in [0.25, 0.3) is 5.92 Å². The lowest BCUT2D eigenvalue weighted by molar-refractivity contribution is -0.259. The Hall–Kier alpha value is -2.79. The summed E-state index contributed by atoms with van der Waals surface area (Å²) in [5, 5.41) is 15.3. The molecular formula is C19H18F5N5O. The van der Waals surface area contributed by atoms with E-state index in [0.29, 0.717) is 24.0 Å². The van der Waals surface area contributed by atoms with Crippen LogP contribution in [0.15, 0.2) is 42.7 Å². The predicted octanol–water partition coefficient (Wildman–Crippen LogP) is 3.19. The van der Waals surface area contributed by atoms with E-state index >= 15 is 0 Å². The fourth-order valence-electron chi connectivity index (χ4n) is 3.27. The molecule has 1 fully saturated rings. The molecule has 3 aromatic heterocycles. The molecule has 30 heavy (non-hydrogen) atoms. The first-order chi connectivity index (χ1) is 14.0. The molecule has 1 aliphatic heterocycles. The number of rotatable bonds is 4. The largest absolute Gasteiger partial charge is 0.421 e. The summed E-state index contributed by atoms with van der Waals surface area (Å²) >= 11 is 0. The molecule has 4 heterocycles. The van der Waals surface area contributed by atoms with E-state index < -0.39 is 30.3 Å². The maximum atomic E-state index is 13.8. The smallest absolute Gasteiger partial charge is 0.376 e. The Balaban J connectivity index is 1.71. The van der Waals surface area contributed by atoms with Crippen molar-refractivity contribution in [2.45, 2.75) is 30.7 Å². The summed E-state index contributed by atoms with van der Waals surface area (Å²) in [4.78, 5) is 8.46. The standard InChI is InChI=1S/C19H18F5N5O/c1-17(30,19(22,23)24)11-5-6-16-26-7-13(29(16)9-11)12-3-2-4-15(27-12)28-14-8-25-10-18(14,20)21/h2-7,9,14,25,30H,8,10H2,1H3,(H,27,28)/t14-,17?/m0/s1. The molecule has 6 nitrogen and oxygen atoms in total. The van der Waals surface area contributed by atoms with Crippen LogP contribution in [0, 0.1) is 0 Å². The number of nitrogens with zero attached hydrogens (tertiary/aromatic N) is 3. The summed E-state index contributed by atoms with van der Waals surface area (Å²) in [6.07, 6.45) is -2.31. The summed E-state index contributed by atoms with van der Waals surface area (Å²) in [6.45, 7) is 0.313. The molecule has 160 valence electrons. The van der Waals surface area contributed by atoms with Gasteiger partial charge >= 0.3 is 6.18 Å². The number of alkyl halides is 5. The Morgan fingerprint density at radius 1 is 1.23 bits per heavy atom. The second kappa shape index (κ2) is 6.88. The number of hydrogen-bond donors (Lipinski definition) is 3. The first-order valence-corrected chi connectivity index (χ1v) is 9.08. The molecular weight excluding hydrogens is 409 g/mol. The van der Waals surface area contributed by atoms with Gasteiger partial charge < -0.3 is 15.7 Å². The van der Waals surface area contributed by atoms with Crippen LogP contribution in [0.25, 0.3) is 17.0 Å². The number of anilines is 1. The molecule has 0 spiro atoms. The molecule has 11 heteroatoms. The van der Waals surface area contributed by atoms with Gasteiger partial charge in [-0.3, -0.25) is 4.40 Å². The minimum atomic E-state index is -4.87. The first kappa shape index (κ1) is 20.5. The number of nitrogens with one attached hydrogen (secondary N) is 2. The maximum Gasteiger partial charge on any atom is 0.421 e. The van der Waals surface area contributed by atoms with Crippen molar-refractivity contribution in [3.63, 3.8) is 0 Å². The van der Waals surface area contributed by atoms with E-state index in [9.17, 15) is 27.1 Å². The summed E-state index contributed by atoms with van der Waals surface area (Å²) in [6, 6.07) is 6.10. The summed E-state index contributed by atoms with van der Waals surface area (Å²) < 4.78 is 68.7. The fraction of sp³-hybridized carbons (Fsp3) is 0.368. The van der Waals surface area contributed by atoms with Gasteiger partial charge in [-0.1, -0.05) is 12.1 Å². The number of halogens is 5. The van der Waals surface area contributed by atoms with Crippen molar-refractivity contribution >= 4 is 11.5 Å². The first-order valence-electron chi connectivity index (χ1n) is 9.08. The molecule has 0 radical (unpaired) electrons. The Kier molecular flexibility index (Phi) is 4.70. The average molecular weight is 427 g/mol. The van der Waals surface area contributed by atoms with Crippen molar-refractivity contribution in [1.29, 1.82) is 0 Å². The number of pyridine rings is 2. The van der Waals surface area contributed by atoms with Crippen molar-refractivity contribution in [1.82, 2.24) is 19.7 Å². The van der Waals surface area contributed by atoms with Crippen LogP contribution in [0.5, 0.6) is 0 Å². The lowest BCUT2D eigenvalue weighted by Crippen LogP contribution is -2.39. The highest BCUT2D eigenvalue weighted by molar-refractivity contribution is 5.62. The maximum absolute atomic E-state index is 13.8. The molecule has 1 unspecified atom stereocenters. The Morgan fingerprint density at radius 2 is 2.00 bits per heavy atom. The monoisotopic (exact) mass is 427 g/mol. The van der Waals surface area contributed by atoms with Gasteiger partial charge in [0.1, 0.15) is 17.5 Å². The Labute approximate surface area is 167 Å². The van der Waals surface area contributed by atoms with Crippen molar-refractivity contribution in [3.05, 3.63) is 48.3 Å². The zero-order valence-electron chi connectivity index (χ0n) is 15.7. The predicted molar refractivity (Wildman–Crippen MR) is 99.3 cm³/mol. The zero-order valence-corrected chi connectivity index (χ0v) is 15.7. The number of aromatic nitrogens is 3. The molecule has 0 amide bonds. The molecule has 0 saturated carbocycles. The van der Waals surface area contributed by atoms with Crippen LogP contribution in [0.3, 0.4) is 0 Å². The second-order valence-corrected chi connectivity index (χ2v) is 7.36. The minimum Gasteiger partial charge on any atom is -0.376 e. The Bertz CT molecular complexity index is 1080. The quantitative estimate of drug-likeness (QED) is 0.558. The molecule has 1 saturated heterocycles. The van der Waals surface area contributed by atoms with Crippen molar-refractivity contribution in [2.75, 3.05) is 18.4 Å². The molecule has 1 aliphatic rings. The SMILES string of the molecule is CC(O)(c1ccc2ncc(-c3cccc(N[C@H]4CNCC4(F)F)n3)n2c1)C(F)(F)F. The zero-order chi connectivity index (χ0) is 21.7. The van der Waals surface area contributed by atoms with Gasteiger partial charge in [-0.2, -0.15) is 13.2 Å². The number of imidazole rings is 1. The van der Waals surface area contributed by atoms with Gasteiger partial charge in [-0.05, 0) is 25.1 Å². The van der Waals surface area contributed by atoms with Crippen molar-refractivity contribution < 1.29 is 27.1 Å². The van der Waals surface area contributed by atoms with E-state index in [2.05, 4.69) is 20.6 Å². The van der Waals surface area contributed by atoms with Crippen LogP contribution in [0.4, 0.5) is 27.8 Å². The third-order valence-corrected chi connectivity index (χ3v) is 5.17. The molecule has 3 N–H and O–H groups in total. The van der Waals surface area contributed by atoms with E-state index in [1.165, 1.54) is 22.7 Å². The van der Waals surface area contributed by atoms with Crippen molar-refractivity contribution in [3.8, 4) is 11.4 Å². The topological polar surface area (TPSA) is 74.5 Å². The number of hydrogen-bond acceptors (Lipinski definition) is 5. The minimum absolute atomic E-state index is 0.0738. The molecule has 0 aromatic carbocycles. The normalized spacial score (nSPS) is 21.0. The van der Waals surface area contributed by atoms with Gasteiger partial charge in [0.05, 0.1) is 24.1 Å². The summed E-state index contributed by atoms with van der Waals surface area (Å²) in [7, 11) is 0. The van der Waals surface area contributed by atoms with Crippen LogP contribution in [-0.4, -0.2) is 50.7 Å². The van der Waals surface area contributed by atoms with Gasteiger partial charge in [0.15, 0.2) is 5.60 Å². The lowest BCUT2D eigenvalue weighted by atomic mass is 9.97. The molecule has 3 aromatic rings. The fourth-order valence-corrected chi connectivity index (χ4v) is 3.27. The van der Waals surface area contributed by atoms with Gasteiger partial charge in [0.2, 0.25) is 0 Å². The summed E-state index contributed by atoms with van der Waals surface area (Å²) in [5.41, 5.74) is -2.40. The van der Waals surface area contributed by atoms with Gasteiger partial charge in [0, 0.05) is 18.3 Å². The molecule has 0 aliphatic carbocycles. The van der Waals surface area contributed by atoms with Crippen LogP contribution in [0.2, 0.25) is 0 Å². The highest BCUT2D eigenvalue weighted by Gasteiger charge is 2.51. The van der Waals surface area contributed by atoms with Crippen LogP contribution < -0.4 is 10.6 Å². The number of fused-ring (bicyclic) bond motifs is 1. The van der Waals surface area contributed by atoms with Gasteiger partial charge in [-0.15, -0.1) is 0 Å². The molecule has 2 atom stereocenters. The average Bonchev–Trinajstić information content (AvgIpc) is 3.23. The second-order valence-electron chi connectivity index (χ2n) is 7.36. The van der Waals surface area contributed by atoms with E-state index in [-0.39, 0.29) is 17.9 Å². The van der Waals surface area contributed by atoms with Gasteiger partial charge in [-0.25, -0.2) is 18.7 Å². The van der Waals surface area contributed by atoms with Crippen LogP contribution >= 0.6 is 0 Å². The van der Waals surface area contributed by atoms with E-state index in [4.69, 9.17) is 0 Å². The highest BCUT2D eigenvalue weighted by Crippen LogP contribution is 2.38. The third kappa shape index (κ3) is 3.47. The highest BCUT2D eigenvalue weighted by atomic mass is 19.4. The van der Waals surface area contributed by atoms with Crippen LogP contribution in [0.1, 0.15) is 12.5 Å². The Morgan fingerprint density at radius 3 is 2.67 bits per heavy atom. The molecule has 4 rings (SSSR count). The van der Waals surface area contributed by atoms with Crippen LogP contribution in [-0.2, 0) is 5.60 Å². The lowest BCUT2D eigenvalue weighted by Gasteiger charge is -2.26. The van der Waals surface area contributed by atoms with E-state index in [0.717, 1.165) is 12.3 Å². The number of aliphatic hydroxyl groups is 1. The van der Waals surface area contributed by atoms with Crippen molar-refractivity contribution in [2.24, 2.45) is 0 Å². The van der Waals surface area contributed by atoms with E-state index in [1.54, 1.807) is 12.1 Å².